The van der Waals surface area contributed by atoms with Crippen molar-refractivity contribution in [3.8, 4) is 0 Å². The van der Waals surface area contributed by atoms with Gasteiger partial charge in [-0.2, -0.15) is 0 Å². The number of carbonyl (C=O) groups is 1. The molecule has 0 unspecified atom stereocenters. The summed E-state index contributed by atoms with van der Waals surface area (Å²) in [5, 5.41) is 3.60. The lowest BCUT2D eigenvalue weighted by molar-refractivity contribution is -0.135. The van der Waals surface area contributed by atoms with Gasteiger partial charge in [0.05, 0.1) is 0 Å². The summed E-state index contributed by atoms with van der Waals surface area (Å²) in [6, 6.07) is 31.1. The summed E-state index contributed by atoms with van der Waals surface area (Å²) in [5.74, 6) is -0.306. The summed E-state index contributed by atoms with van der Waals surface area (Å²) >= 11 is 0. The summed E-state index contributed by atoms with van der Waals surface area (Å²) in [6.45, 7) is 1.81. The fraction of sp³-hybridized carbons (Fsp3) is 0.0870. The standard InChI is InChI=1S/C23H22O2P/c1-2-12-23(24)25-19-26(20-13-6-3-7-14-20,21-15-8-4-9-16-21)22-17-10-5-11-18-22/h2-18H,19H2,1H3/q+1/b12-2+. The topological polar surface area (TPSA) is 26.3 Å². The number of benzene rings is 3. The molecular formula is C23H22O2P+. The van der Waals surface area contributed by atoms with Crippen molar-refractivity contribution < 1.29 is 9.53 Å². The number of ether oxygens (including phenoxy) is 1. The molecule has 3 aromatic rings. The minimum Gasteiger partial charge on any atom is -0.426 e. The SMILES string of the molecule is C/C=C/C(=O)OC[P+](c1ccccc1)(c1ccccc1)c1ccccc1. The number of hydrogen-bond acceptors (Lipinski definition) is 2. The molecule has 0 amide bonds. The lowest BCUT2D eigenvalue weighted by Gasteiger charge is -2.26. The average molecular weight is 361 g/mol. The van der Waals surface area contributed by atoms with Crippen LogP contribution in [0.3, 0.4) is 0 Å². The summed E-state index contributed by atoms with van der Waals surface area (Å²) in [6.07, 6.45) is 3.51. The van der Waals surface area contributed by atoms with Crippen LogP contribution < -0.4 is 15.9 Å². The zero-order valence-corrected chi connectivity index (χ0v) is 15.7. The van der Waals surface area contributed by atoms with Crippen LogP contribution in [-0.4, -0.2) is 12.3 Å². The van der Waals surface area contributed by atoms with E-state index in [-0.39, 0.29) is 5.97 Å². The van der Waals surface area contributed by atoms with Crippen molar-refractivity contribution in [2.75, 3.05) is 6.35 Å². The monoisotopic (exact) mass is 361 g/mol. The van der Waals surface area contributed by atoms with Crippen LogP contribution in [0.2, 0.25) is 0 Å². The van der Waals surface area contributed by atoms with Crippen LogP contribution in [0.4, 0.5) is 0 Å². The van der Waals surface area contributed by atoms with Gasteiger partial charge in [-0.3, -0.25) is 0 Å². The first-order chi connectivity index (χ1) is 12.8. The average Bonchev–Trinajstić information content (AvgIpc) is 2.71. The molecule has 0 saturated heterocycles. The van der Waals surface area contributed by atoms with E-state index >= 15 is 0 Å². The Morgan fingerprint density at radius 1 is 0.769 bits per heavy atom. The second-order valence-corrected chi connectivity index (χ2v) is 9.34. The second kappa shape index (κ2) is 8.60. The summed E-state index contributed by atoms with van der Waals surface area (Å²) < 4.78 is 5.73. The Balaban J connectivity index is 2.19. The van der Waals surface area contributed by atoms with Gasteiger partial charge in [-0.05, 0) is 43.3 Å². The lowest BCUT2D eigenvalue weighted by atomic mass is 10.4. The quantitative estimate of drug-likeness (QED) is 0.376. The zero-order valence-electron chi connectivity index (χ0n) is 14.8. The maximum absolute atomic E-state index is 12.1. The molecule has 3 aromatic carbocycles. The first-order valence-corrected chi connectivity index (χ1v) is 10.6. The van der Waals surface area contributed by atoms with Crippen molar-refractivity contribution in [2.45, 2.75) is 6.92 Å². The first-order valence-electron chi connectivity index (χ1n) is 8.62. The molecular weight excluding hydrogens is 339 g/mol. The van der Waals surface area contributed by atoms with Crippen molar-refractivity contribution >= 4 is 29.1 Å². The van der Waals surface area contributed by atoms with E-state index in [2.05, 4.69) is 36.4 Å². The predicted octanol–water partition coefficient (Wildman–Crippen LogP) is 4.06. The first kappa shape index (κ1) is 18.1. The fourth-order valence-electron chi connectivity index (χ4n) is 3.06. The van der Waals surface area contributed by atoms with Crippen molar-refractivity contribution in [3.63, 3.8) is 0 Å². The Bertz CT molecular complexity index is 762. The molecule has 0 aromatic heterocycles. The smallest absolute Gasteiger partial charge is 0.333 e. The molecule has 0 heterocycles. The van der Waals surface area contributed by atoms with E-state index in [4.69, 9.17) is 4.74 Å². The number of allylic oxidation sites excluding steroid dienone is 1. The van der Waals surface area contributed by atoms with E-state index < -0.39 is 7.26 Å². The third-order valence-corrected chi connectivity index (χ3v) is 8.35. The van der Waals surface area contributed by atoms with Gasteiger partial charge in [0, 0.05) is 6.08 Å². The van der Waals surface area contributed by atoms with Crippen molar-refractivity contribution in [3.05, 3.63) is 103 Å². The number of hydrogen-bond donors (Lipinski definition) is 0. The fourth-order valence-corrected chi connectivity index (χ4v) is 6.77. The molecule has 0 radical (unpaired) electrons. The minimum absolute atomic E-state index is 0.306. The maximum Gasteiger partial charge on any atom is 0.333 e. The van der Waals surface area contributed by atoms with Gasteiger partial charge in [0.1, 0.15) is 15.9 Å². The van der Waals surface area contributed by atoms with Gasteiger partial charge in [0.2, 0.25) is 6.35 Å². The third-order valence-electron chi connectivity index (χ3n) is 4.29. The summed E-state index contributed by atoms with van der Waals surface area (Å²) in [5.41, 5.74) is 0. The van der Waals surface area contributed by atoms with Crippen LogP contribution in [-0.2, 0) is 9.53 Å². The summed E-state index contributed by atoms with van der Waals surface area (Å²) in [4.78, 5) is 12.1. The van der Waals surface area contributed by atoms with E-state index in [1.54, 1.807) is 6.08 Å². The maximum atomic E-state index is 12.1. The van der Waals surface area contributed by atoms with E-state index in [1.807, 2.05) is 61.5 Å². The van der Waals surface area contributed by atoms with Gasteiger partial charge < -0.3 is 4.74 Å². The van der Waals surface area contributed by atoms with E-state index in [9.17, 15) is 4.79 Å². The van der Waals surface area contributed by atoms with Crippen molar-refractivity contribution in [1.29, 1.82) is 0 Å². The molecule has 0 fully saturated rings. The molecule has 0 saturated carbocycles. The van der Waals surface area contributed by atoms with Gasteiger partial charge in [-0.25, -0.2) is 4.79 Å². The molecule has 0 bridgehead atoms. The van der Waals surface area contributed by atoms with Crippen LogP contribution in [0.1, 0.15) is 6.92 Å². The van der Waals surface area contributed by atoms with E-state index in [1.165, 1.54) is 22.0 Å². The van der Waals surface area contributed by atoms with Gasteiger partial charge in [0.25, 0.3) is 0 Å². The molecule has 26 heavy (non-hydrogen) atoms. The Kier molecular flexibility index (Phi) is 5.99. The molecule has 130 valence electrons. The van der Waals surface area contributed by atoms with E-state index in [0.29, 0.717) is 6.35 Å². The number of rotatable bonds is 6. The van der Waals surface area contributed by atoms with Crippen molar-refractivity contribution in [2.24, 2.45) is 0 Å². The highest BCUT2D eigenvalue weighted by Crippen LogP contribution is 2.55. The Morgan fingerprint density at radius 2 is 1.15 bits per heavy atom. The van der Waals surface area contributed by atoms with Crippen LogP contribution in [0.5, 0.6) is 0 Å². The van der Waals surface area contributed by atoms with Crippen LogP contribution in [0.25, 0.3) is 0 Å². The molecule has 2 nitrogen and oxygen atoms in total. The van der Waals surface area contributed by atoms with Crippen LogP contribution >= 0.6 is 7.26 Å². The van der Waals surface area contributed by atoms with Gasteiger partial charge >= 0.3 is 5.97 Å². The highest BCUT2D eigenvalue weighted by molar-refractivity contribution is 7.95. The Hall–Kier alpha value is -2.70. The van der Waals surface area contributed by atoms with Gasteiger partial charge in [0.15, 0.2) is 7.26 Å². The minimum atomic E-state index is -2.11. The normalized spacial score (nSPS) is 11.4. The summed E-state index contributed by atoms with van der Waals surface area (Å²) in [7, 11) is -2.11. The Morgan fingerprint density at radius 3 is 1.50 bits per heavy atom. The molecule has 0 N–H and O–H groups in total. The highest BCUT2D eigenvalue weighted by atomic mass is 31.2. The molecule has 3 heteroatoms. The Labute approximate surface area is 155 Å². The van der Waals surface area contributed by atoms with Crippen LogP contribution in [0.15, 0.2) is 103 Å². The molecule has 0 atom stereocenters. The molecule has 0 aliphatic rings. The number of esters is 1. The lowest BCUT2D eigenvalue weighted by Crippen LogP contribution is -2.34. The number of carbonyl (C=O) groups excluding carboxylic acids is 1. The molecule has 3 rings (SSSR count). The van der Waals surface area contributed by atoms with Crippen molar-refractivity contribution in [1.82, 2.24) is 0 Å². The molecule has 0 spiro atoms. The van der Waals surface area contributed by atoms with Gasteiger partial charge in [-0.15, -0.1) is 0 Å². The zero-order chi connectivity index (χ0) is 18.2. The van der Waals surface area contributed by atoms with Gasteiger partial charge in [-0.1, -0.05) is 60.7 Å². The second-order valence-electron chi connectivity index (χ2n) is 5.91. The van der Waals surface area contributed by atoms with Crippen LogP contribution in [0, 0.1) is 0 Å². The molecule has 0 aliphatic heterocycles. The molecule has 0 aliphatic carbocycles. The predicted molar refractivity (Wildman–Crippen MR) is 111 cm³/mol. The largest absolute Gasteiger partial charge is 0.426 e. The highest BCUT2D eigenvalue weighted by Gasteiger charge is 2.46. The van der Waals surface area contributed by atoms with E-state index in [0.717, 1.165) is 0 Å². The third kappa shape index (κ3) is 3.76.